The van der Waals surface area contributed by atoms with Crippen LogP contribution < -0.4 is 5.73 Å². The van der Waals surface area contributed by atoms with Crippen LogP contribution in [0.15, 0.2) is 0 Å². The lowest BCUT2D eigenvalue weighted by Crippen LogP contribution is -2.45. The topological polar surface area (TPSA) is 49.6 Å². The molecule has 0 aromatic heterocycles. The number of amides is 1. The normalized spacial score (nSPS) is 26.8. The van der Waals surface area contributed by atoms with Crippen LogP contribution in [0.1, 0.15) is 39.0 Å². The molecule has 2 rings (SSSR count). The molecule has 0 spiro atoms. The molecule has 0 radical (unpaired) electrons. The van der Waals surface area contributed by atoms with E-state index in [4.69, 9.17) is 5.73 Å². The van der Waals surface area contributed by atoms with Gasteiger partial charge in [0, 0.05) is 32.2 Å². The molecular weight excluding hydrogens is 226 g/mol. The average molecular weight is 253 g/mol. The zero-order valence-corrected chi connectivity index (χ0v) is 11.6. The summed E-state index contributed by atoms with van der Waals surface area (Å²) in [4.78, 5) is 16.5. The Hall–Kier alpha value is -0.610. The molecule has 2 aliphatic heterocycles. The minimum Gasteiger partial charge on any atom is -0.341 e. The fourth-order valence-electron chi connectivity index (χ4n) is 3.11. The summed E-state index contributed by atoms with van der Waals surface area (Å²) in [6.45, 7) is 6.75. The highest BCUT2D eigenvalue weighted by Crippen LogP contribution is 2.21. The van der Waals surface area contributed by atoms with Crippen LogP contribution in [0.3, 0.4) is 0 Å². The first kappa shape index (κ1) is 13.8. The molecule has 2 aliphatic rings. The molecule has 18 heavy (non-hydrogen) atoms. The molecular formula is C14H27N3O. The van der Waals surface area contributed by atoms with Gasteiger partial charge in [-0.15, -0.1) is 0 Å². The van der Waals surface area contributed by atoms with Crippen LogP contribution in [0.4, 0.5) is 0 Å². The number of nitrogens with two attached hydrogens (primary N) is 1. The molecule has 4 heteroatoms. The number of hydrogen-bond acceptors (Lipinski definition) is 3. The van der Waals surface area contributed by atoms with E-state index in [-0.39, 0.29) is 0 Å². The van der Waals surface area contributed by atoms with Crippen molar-refractivity contribution >= 4 is 5.91 Å². The summed E-state index contributed by atoms with van der Waals surface area (Å²) in [5, 5.41) is 0. The number of hydrogen-bond donors (Lipinski definition) is 1. The third kappa shape index (κ3) is 3.69. The number of likely N-dealkylation sites (tertiary alicyclic amines) is 2. The molecule has 0 saturated carbocycles. The van der Waals surface area contributed by atoms with Gasteiger partial charge in [-0.25, -0.2) is 0 Å². The first-order chi connectivity index (χ1) is 8.69. The van der Waals surface area contributed by atoms with Gasteiger partial charge in [0.1, 0.15) is 0 Å². The van der Waals surface area contributed by atoms with Crippen molar-refractivity contribution in [3.8, 4) is 0 Å². The van der Waals surface area contributed by atoms with E-state index >= 15 is 0 Å². The van der Waals surface area contributed by atoms with Gasteiger partial charge in [-0.2, -0.15) is 0 Å². The second kappa shape index (κ2) is 6.53. The van der Waals surface area contributed by atoms with Crippen LogP contribution in [0, 0.1) is 5.92 Å². The standard InChI is InChI=1S/C14H27N3O/c1-2-3-12-4-9-17(10-12)14(18)11-16-7-5-13(15)6-8-16/h12-13H,2-11,15H2,1H3. The minimum absolute atomic E-state index is 0.323. The number of carbonyl (C=O) groups excluding carboxylic acids is 1. The number of nitrogens with zero attached hydrogens (tertiary/aromatic N) is 2. The molecule has 0 aromatic rings. The number of piperidine rings is 1. The van der Waals surface area contributed by atoms with Crippen molar-refractivity contribution in [2.75, 3.05) is 32.7 Å². The maximum Gasteiger partial charge on any atom is 0.236 e. The van der Waals surface area contributed by atoms with Crippen LogP contribution in [-0.2, 0) is 4.79 Å². The van der Waals surface area contributed by atoms with Crippen LogP contribution in [0.2, 0.25) is 0 Å². The molecule has 2 saturated heterocycles. The summed E-state index contributed by atoms with van der Waals surface area (Å²) < 4.78 is 0. The van der Waals surface area contributed by atoms with E-state index in [2.05, 4.69) is 16.7 Å². The largest absolute Gasteiger partial charge is 0.341 e. The van der Waals surface area contributed by atoms with E-state index in [0.717, 1.165) is 44.9 Å². The van der Waals surface area contributed by atoms with Crippen LogP contribution >= 0.6 is 0 Å². The second-order valence-electron chi connectivity index (χ2n) is 5.90. The summed E-state index contributed by atoms with van der Waals surface area (Å²) in [5.41, 5.74) is 5.88. The van der Waals surface area contributed by atoms with Gasteiger partial charge in [-0.05, 0) is 31.6 Å². The fourth-order valence-corrected chi connectivity index (χ4v) is 3.11. The first-order valence-corrected chi connectivity index (χ1v) is 7.44. The third-order valence-electron chi connectivity index (χ3n) is 4.33. The zero-order chi connectivity index (χ0) is 13.0. The van der Waals surface area contributed by atoms with Crippen LogP contribution in [-0.4, -0.2) is 54.5 Å². The Bertz CT molecular complexity index is 274. The molecule has 104 valence electrons. The lowest BCUT2D eigenvalue weighted by molar-refractivity contribution is -0.131. The maximum absolute atomic E-state index is 12.2. The second-order valence-corrected chi connectivity index (χ2v) is 5.90. The molecule has 0 bridgehead atoms. The average Bonchev–Trinajstić information content (AvgIpc) is 2.81. The SMILES string of the molecule is CCCC1CCN(C(=O)CN2CCC(N)CC2)C1. The summed E-state index contributed by atoms with van der Waals surface area (Å²) in [7, 11) is 0. The van der Waals surface area contributed by atoms with Gasteiger partial charge in [-0.1, -0.05) is 13.3 Å². The number of carbonyl (C=O) groups is 1. The van der Waals surface area contributed by atoms with Crippen molar-refractivity contribution in [2.24, 2.45) is 11.7 Å². The predicted octanol–water partition coefficient (Wildman–Crippen LogP) is 1.06. The molecule has 4 nitrogen and oxygen atoms in total. The highest BCUT2D eigenvalue weighted by Gasteiger charge is 2.27. The van der Waals surface area contributed by atoms with Gasteiger partial charge in [0.2, 0.25) is 5.91 Å². The van der Waals surface area contributed by atoms with E-state index in [1.54, 1.807) is 0 Å². The van der Waals surface area contributed by atoms with Crippen molar-refractivity contribution in [3.05, 3.63) is 0 Å². The molecule has 2 N–H and O–H groups in total. The molecule has 0 aromatic carbocycles. The van der Waals surface area contributed by atoms with Crippen molar-refractivity contribution in [1.29, 1.82) is 0 Å². The van der Waals surface area contributed by atoms with Gasteiger partial charge in [-0.3, -0.25) is 9.69 Å². The van der Waals surface area contributed by atoms with E-state index in [1.165, 1.54) is 19.3 Å². The van der Waals surface area contributed by atoms with E-state index in [9.17, 15) is 4.79 Å². The summed E-state index contributed by atoms with van der Waals surface area (Å²) in [6, 6.07) is 0.345. The Morgan fingerprint density at radius 1 is 1.22 bits per heavy atom. The Labute approximate surface area is 110 Å². The summed E-state index contributed by atoms with van der Waals surface area (Å²) in [5.74, 6) is 1.07. The van der Waals surface area contributed by atoms with Crippen molar-refractivity contribution < 1.29 is 4.79 Å². The van der Waals surface area contributed by atoms with Gasteiger partial charge >= 0.3 is 0 Å². The smallest absolute Gasteiger partial charge is 0.236 e. The van der Waals surface area contributed by atoms with Crippen LogP contribution in [0.25, 0.3) is 0 Å². The fraction of sp³-hybridized carbons (Fsp3) is 0.929. The zero-order valence-electron chi connectivity index (χ0n) is 11.6. The summed E-state index contributed by atoms with van der Waals surface area (Å²) in [6.07, 6.45) is 5.76. The molecule has 1 unspecified atom stereocenters. The third-order valence-corrected chi connectivity index (χ3v) is 4.33. The van der Waals surface area contributed by atoms with Gasteiger partial charge in [0.15, 0.2) is 0 Å². The van der Waals surface area contributed by atoms with E-state index in [0.29, 0.717) is 18.5 Å². The molecule has 1 atom stereocenters. The highest BCUT2D eigenvalue weighted by molar-refractivity contribution is 5.78. The quantitative estimate of drug-likeness (QED) is 0.815. The van der Waals surface area contributed by atoms with Gasteiger partial charge in [0.05, 0.1) is 6.54 Å². The lowest BCUT2D eigenvalue weighted by atomic mass is 10.0. The summed E-state index contributed by atoms with van der Waals surface area (Å²) >= 11 is 0. The Balaban J connectivity index is 1.72. The van der Waals surface area contributed by atoms with Crippen molar-refractivity contribution in [1.82, 2.24) is 9.80 Å². The van der Waals surface area contributed by atoms with Crippen molar-refractivity contribution in [2.45, 2.75) is 45.1 Å². The Morgan fingerprint density at radius 3 is 2.61 bits per heavy atom. The molecule has 2 heterocycles. The van der Waals surface area contributed by atoms with Gasteiger partial charge < -0.3 is 10.6 Å². The highest BCUT2D eigenvalue weighted by atomic mass is 16.2. The first-order valence-electron chi connectivity index (χ1n) is 7.44. The van der Waals surface area contributed by atoms with Crippen molar-refractivity contribution in [3.63, 3.8) is 0 Å². The minimum atomic E-state index is 0.323. The Kier molecular flexibility index (Phi) is 5.01. The van der Waals surface area contributed by atoms with Gasteiger partial charge in [0.25, 0.3) is 0 Å². The molecule has 2 fully saturated rings. The molecule has 1 amide bonds. The lowest BCUT2D eigenvalue weighted by Gasteiger charge is -2.30. The predicted molar refractivity (Wildman–Crippen MR) is 73.2 cm³/mol. The number of rotatable bonds is 4. The Morgan fingerprint density at radius 2 is 1.94 bits per heavy atom. The van der Waals surface area contributed by atoms with Crippen LogP contribution in [0.5, 0.6) is 0 Å². The molecule has 0 aliphatic carbocycles. The maximum atomic E-state index is 12.2. The van der Waals surface area contributed by atoms with E-state index < -0.39 is 0 Å². The van der Waals surface area contributed by atoms with E-state index in [1.807, 2.05) is 0 Å². The monoisotopic (exact) mass is 253 g/mol.